The van der Waals surface area contributed by atoms with Crippen LogP contribution < -0.4 is 10.1 Å². The fourth-order valence-corrected chi connectivity index (χ4v) is 2.74. The van der Waals surface area contributed by atoms with Crippen LogP contribution >= 0.6 is 0 Å². The van der Waals surface area contributed by atoms with Gasteiger partial charge in [-0.25, -0.2) is 4.79 Å². The van der Waals surface area contributed by atoms with E-state index in [9.17, 15) is 9.59 Å². The summed E-state index contributed by atoms with van der Waals surface area (Å²) < 4.78 is 5.53. The Labute approximate surface area is 128 Å². The first kappa shape index (κ1) is 14.4. The maximum Gasteiger partial charge on any atom is 0.325 e. The van der Waals surface area contributed by atoms with Gasteiger partial charge in [-0.15, -0.1) is 0 Å². The summed E-state index contributed by atoms with van der Waals surface area (Å²) in [5, 5.41) is 11.5. The van der Waals surface area contributed by atoms with E-state index in [2.05, 4.69) is 5.32 Å². The number of rotatable bonds is 5. The minimum absolute atomic E-state index is 0.163. The Kier molecular flexibility index (Phi) is 3.49. The van der Waals surface area contributed by atoms with Gasteiger partial charge in [0.15, 0.2) is 0 Å². The first-order valence-corrected chi connectivity index (χ1v) is 7.31. The van der Waals surface area contributed by atoms with Crippen molar-refractivity contribution in [2.75, 3.05) is 13.2 Å². The van der Waals surface area contributed by atoms with Gasteiger partial charge in [-0.05, 0) is 49.9 Å². The Morgan fingerprint density at radius 2 is 2.05 bits per heavy atom. The van der Waals surface area contributed by atoms with Crippen LogP contribution in [0.1, 0.15) is 25.3 Å². The minimum atomic E-state index is -0.745. The molecule has 1 N–H and O–H groups in total. The summed E-state index contributed by atoms with van der Waals surface area (Å²) in [6, 6.07) is 8.39. The van der Waals surface area contributed by atoms with Gasteiger partial charge < -0.3 is 10.1 Å². The lowest BCUT2D eigenvalue weighted by Gasteiger charge is -2.21. The van der Waals surface area contributed by atoms with Crippen molar-refractivity contribution in [1.29, 1.82) is 5.26 Å². The zero-order valence-corrected chi connectivity index (χ0v) is 12.3. The number of hydrogen-bond acceptors (Lipinski definition) is 4. The number of amides is 3. The Hall–Kier alpha value is -2.55. The van der Waals surface area contributed by atoms with Crippen molar-refractivity contribution >= 4 is 11.9 Å². The Morgan fingerprint density at radius 3 is 2.64 bits per heavy atom. The number of nitrogens with one attached hydrogen (secondary N) is 1. The van der Waals surface area contributed by atoms with E-state index in [0.29, 0.717) is 11.3 Å². The van der Waals surface area contributed by atoms with E-state index < -0.39 is 5.54 Å². The summed E-state index contributed by atoms with van der Waals surface area (Å²) in [5.74, 6) is 0.702. The number of carbonyl (C=O) groups is 2. The molecule has 1 aliphatic heterocycles. The molecule has 22 heavy (non-hydrogen) atoms. The molecule has 1 heterocycles. The second-order valence-electron chi connectivity index (χ2n) is 5.85. The first-order valence-electron chi connectivity index (χ1n) is 7.31. The van der Waals surface area contributed by atoms with Crippen LogP contribution in [0.25, 0.3) is 0 Å². The van der Waals surface area contributed by atoms with Crippen molar-refractivity contribution < 1.29 is 14.3 Å². The molecule has 114 valence electrons. The summed E-state index contributed by atoms with van der Waals surface area (Å²) in [4.78, 5) is 25.6. The van der Waals surface area contributed by atoms with Crippen LogP contribution in [-0.2, 0) is 4.79 Å². The van der Waals surface area contributed by atoms with Crippen LogP contribution in [0.2, 0.25) is 0 Å². The largest absolute Gasteiger partial charge is 0.492 e. The molecule has 6 nitrogen and oxygen atoms in total. The highest BCUT2D eigenvalue weighted by Gasteiger charge is 2.55. The van der Waals surface area contributed by atoms with Crippen LogP contribution in [0.3, 0.4) is 0 Å². The first-order chi connectivity index (χ1) is 10.5. The molecule has 1 saturated carbocycles. The van der Waals surface area contributed by atoms with E-state index in [4.69, 9.17) is 10.00 Å². The summed E-state index contributed by atoms with van der Waals surface area (Å²) in [6.07, 6.45) is 1.97. The van der Waals surface area contributed by atoms with Crippen LogP contribution in [0.4, 0.5) is 4.79 Å². The van der Waals surface area contributed by atoms with Crippen molar-refractivity contribution in [2.45, 2.75) is 25.3 Å². The SMILES string of the molecule is CC1(C2CC2)NC(=O)N(CCOc2ccc(C#N)cc2)C1=O. The summed E-state index contributed by atoms with van der Waals surface area (Å²) in [5.41, 5.74) is -0.187. The molecule has 6 heteroatoms. The lowest BCUT2D eigenvalue weighted by Crippen LogP contribution is -2.46. The van der Waals surface area contributed by atoms with Crippen molar-refractivity contribution in [2.24, 2.45) is 5.92 Å². The third kappa shape index (κ3) is 2.50. The van der Waals surface area contributed by atoms with Gasteiger partial charge in [-0.1, -0.05) is 0 Å². The molecule has 1 aromatic carbocycles. The van der Waals surface area contributed by atoms with Gasteiger partial charge in [0.05, 0.1) is 18.2 Å². The van der Waals surface area contributed by atoms with Gasteiger partial charge in [0.25, 0.3) is 5.91 Å². The van der Waals surface area contributed by atoms with Gasteiger partial charge in [0.1, 0.15) is 17.9 Å². The van der Waals surface area contributed by atoms with Crippen molar-refractivity contribution in [3.63, 3.8) is 0 Å². The van der Waals surface area contributed by atoms with E-state index in [0.717, 1.165) is 12.8 Å². The topological polar surface area (TPSA) is 82.4 Å². The molecule has 0 radical (unpaired) electrons. The molecule has 3 amide bonds. The maximum atomic E-state index is 12.4. The lowest BCUT2D eigenvalue weighted by atomic mass is 9.96. The van der Waals surface area contributed by atoms with E-state index in [1.807, 2.05) is 6.07 Å². The van der Waals surface area contributed by atoms with Crippen molar-refractivity contribution in [1.82, 2.24) is 10.2 Å². The Balaban J connectivity index is 1.56. The molecule has 3 rings (SSSR count). The molecular weight excluding hydrogens is 282 g/mol. The number of urea groups is 1. The number of benzene rings is 1. The lowest BCUT2D eigenvalue weighted by molar-refractivity contribution is -0.131. The van der Waals surface area contributed by atoms with Crippen LogP contribution in [0.15, 0.2) is 24.3 Å². The minimum Gasteiger partial charge on any atom is -0.492 e. The highest BCUT2D eigenvalue weighted by Crippen LogP contribution is 2.42. The predicted molar refractivity (Wildman–Crippen MR) is 78.0 cm³/mol. The second-order valence-corrected chi connectivity index (χ2v) is 5.85. The molecule has 0 spiro atoms. The fourth-order valence-electron chi connectivity index (χ4n) is 2.74. The normalized spacial score (nSPS) is 24.1. The quantitative estimate of drug-likeness (QED) is 0.838. The molecule has 1 aliphatic carbocycles. The molecule has 0 bridgehead atoms. The van der Waals surface area contributed by atoms with Crippen molar-refractivity contribution in [3.05, 3.63) is 29.8 Å². The van der Waals surface area contributed by atoms with Gasteiger partial charge in [0.2, 0.25) is 0 Å². The average molecular weight is 299 g/mol. The smallest absolute Gasteiger partial charge is 0.325 e. The Bertz CT molecular complexity index is 646. The summed E-state index contributed by atoms with van der Waals surface area (Å²) in [6.45, 7) is 2.24. The van der Waals surface area contributed by atoms with E-state index >= 15 is 0 Å². The number of ether oxygens (including phenoxy) is 1. The molecule has 2 fully saturated rings. The van der Waals surface area contributed by atoms with Crippen molar-refractivity contribution in [3.8, 4) is 11.8 Å². The molecule has 1 saturated heterocycles. The fraction of sp³-hybridized carbons (Fsp3) is 0.438. The van der Waals surface area contributed by atoms with Gasteiger partial charge >= 0.3 is 6.03 Å². The number of hydrogen-bond donors (Lipinski definition) is 1. The number of nitrogens with zero attached hydrogens (tertiary/aromatic N) is 2. The number of carbonyl (C=O) groups excluding carboxylic acids is 2. The van der Waals surface area contributed by atoms with Gasteiger partial charge in [-0.3, -0.25) is 9.69 Å². The summed E-state index contributed by atoms with van der Waals surface area (Å²) in [7, 11) is 0. The van der Waals surface area contributed by atoms with E-state index in [1.165, 1.54) is 4.90 Å². The molecule has 0 aromatic heterocycles. The molecule has 2 aliphatic rings. The zero-order chi connectivity index (χ0) is 15.7. The molecule has 1 aromatic rings. The second kappa shape index (κ2) is 5.34. The molecular formula is C16H17N3O3. The third-order valence-electron chi connectivity index (χ3n) is 4.26. The van der Waals surface area contributed by atoms with Gasteiger partial charge in [-0.2, -0.15) is 5.26 Å². The van der Waals surface area contributed by atoms with Crippen LogP contribution in [0.5, 0.6) is 5.75 Å². The zero-order valence-electron chi connectivity index (χ0n) is 12.3. The van der Waals surface area contributed by atoms with Crippen LogP contribution in [-0.4, -0.2) is 35.5 Å². The molecule has 1 atom stereocenters. The highest BCUT2D eigenvalue weighted by molar-refractivity contribution is 6.07. The van der Waals surface area contributed by atoms with Crippen LogP contribution in [0, 0.1) is 17.2 Å². The number of nitriles is 1. The third-order valence-corrected chi connectivity index (χ3v) is 4.26. The maximum absolute atomic E-state index is 12.4. The Morgan fingerprint density at radius 1 is 1.36 bits per heavy atom. The standard InChI is InChI=1S/C16H17N3O3/c1-16(12-4-5-12)14(20)19(15(21)18-16)8-9-22-13-6-2-11(10-17)3-7-13/h2-3,6-7,12H,4-5,8-9H2,1H3,(H,18,21). The highest BCUT2D eigenvalue weighted by atomic mass is 16.5. The van der Waals surface area contributed by atoms with E-state index in [-0.39, 0.29) is 31.0 Å². The summed E-state index contributed by atoms with van der Waals surface area (Å²) >= 11 is 0. The van der Waals surface area contributed by atoms with E-state index in [1.54, 1.807) is 31.2 Å². The number of imide groups is 1. The average Bonchev–Trinajstić information content (AvgIpc) is 3.33. The monoisotopic (exact) mass is 299 g/mol. The van der Waals surface area contributed by atoms with Gasteiger partial charge in [0, 0.05) is 0 Å². The predicted octanol–water partition coefficient (Wildman–Crippen LogP) is 1.66. The molecule has 1 unspecified atom stereocenters.